The average molecular weight is 474 g/mol. The highest BCUT2D eigenvalue weighted by Gasteiger charge is 2.32. The monoisotopic (exact) mass is 473 g/mol. The highest BCUT2D eigenvalue weighted by molar-refractivity contribution is 7.89. The van der Waals surface area contributed by atoms with Crippen molar-refractivity contribution in [1.82, 2.24) is 10.0 Å². The molecular weight excluding hydrogens is 449 g/mol. The fourth-order valence-corrected chi connectivity index (χ4v) is 4.23. The Morgan fingerprint density at radius 3 is 2.36 bits per heavy atom. The van der Waals surface area contributed by atoms with Gasteiger partial charge in [-0.05, 0) is 42.8 Å². The third-order valence-corrected chi connectivity index (χ3v) is 6.28. The van der Waals surface area contributed by atoms with Gasteiger partial charge >= 0.3 is 0 Å². The first-order chi connectivity index (χ1) is 15.8. The molecule has 1 aromatic heterocycles. The van der Waals surface area contributed by atoms with E-state index in [1.165, 1.54) is 36.6 Å². The number of furan rings is 1. The molecular formula is C23H24FN3O5S. The Bertz CT molecular complexity index is 1180. The fourth-order valence-electron chi connectivity index (χ4n) is 3.24. The number of anilines is 1. The number of para-hydroxylation sites is 1. The fraction of sp³-hybridized carbons (Fsp3) is 0.217. The van der Waals surface area contributed by atoms with Gasteiger partial charge in [0.1, 0.15) is 17.6 Å². The molecule has 33 heavy (non-hydrogen) atoms. The second-order valence-electron chi connectivity index (χ2n) is 7.07. The van der Waals surface area contributed by atoms with Gasteiger partial charge in [-0.15, -0.1) is 0 Å². The molecule has 0 unspecified atom stereocenters. The van der Waals surface area contributed by atoms with Crippen LogP contribution >= 0.6 is 0 Å². The standard InChI is InChI=1S/C23H24FN3O5S/c1-2-20(23(29)25-15-17-9-8-14-32-17)27(21-13-7-6-12-19(21)24)22(28)16-26-33(30,31)18-10-4-3-5-11-18/h3-14,20,26H,2,15-16H2,1H3,(H,25,29)/t20-/m0/s1. The first-order valence-electron chi connectivity index (χ1n) is 10.2. The van der Waals surface area contributed by atoms with Crippen LogP contribution in [0.25, 0.3) is 0 Å². The van der Waals surface area contributed by atoms with Crippen LogP contribution in [0.2, 0.25) is 0 Å². The molecule has 8 nitrogen and oxygen atoms in total. The Morgan fingerprint density at radius 2 is 1.73 bits per heavy atom. The summed E-state index contributed by atoms with van der Waals surface area (Å²) in [5.41, 5.74) is -0.124. The molecule has 3 rings (SSSR count). The Balaban J connectivity index is 1.83. The number of benzene rings is 2. The average Bonchev–Trinajstić information content (AvgIpc) is 3.34. The number of amides is 2. The maximum atomic E-state index is 14.6. The normalized spacial score (nSPS) is 12.2. The van der Waals surface area contributed by atoms with Gasteiger partial charge in [-0.2, -0.15) is 0 Å². The van der Waals surface area contributed by atoms with Crippen molar-refractivity contribution in [3.8, 4) is 0 Å². The summed E-state index contributed by atoms with van der Waals surface area (Å²) in [5, 5.41) is 2.67. The minimum absolute atomic E-state index is 0.0153. The number of hydrogen-bond acceptors (Lipinski definition) is 5. The minimum atomic E-state index is -3.98. The molecule has 1 atom stereocenters. The van der Waals surface area contributed by atoms with Crippen molar-refractivity contribution in [3.63, 3.8) is 0 Å². The van der Waals surface area contributed by atoms with Crippen LogP contribution in [0.4, 0.5) is 10.1 Å². The summed E-state index contributed by atoms with van der Waals surface area (Å²) in [6.07, 6.45) is 1.63. The lowest BCUT2D eigenvalue weighted by atomic mass is 10.1. The van der Waals surface area contributed by atoms with Crippen molar-refractivity contribution in [2.45, 2.75) is 30.8 Å². The van der Waals surface area contributed by atoms with Gasteiger partial charge in [0.2, 0.25) is 21.8 Å². The van der Waals surface area contributed by atoms with Crippen LogP contribution in [0.3, 0.4) is 0 Å². The lowest BCUT2D eigenvalue weighted by Gasteiger charge is -2.30. The van der Waals surface area contributed by atoms with Gasteiger partial charge in [0.05, 0.1) is 29.9 Å². The van der Waals surface area contributed by atoms with E-state index in [1.807, 2.05) is 0 Å². The van der Waals surface area contributed by atoms with Crippen molar-refractivity contribution in [2.75, 3.05) is 11.4 Å². The van der Waals surface area contributed by atoms with E-state index in [0.29, 0.717) is 5.76 Å². The molecule has 2 N–H and O–H groups in total. The summed E-state index contributed by atoms with van der Waals surface area (Å²) in [4.78, 5) is 27.0. The molecule has 0 aliphatic heterocycles. The smallest absolute Gasteiger partial charge is 0.243 e. The van der Waals surface area contributed by atoms with Gasteiger partial charge in [-0.25, -0.2) is 17.5 Å². The van der Waals surface area contributed by atoms with Crippen molar-refractivity contribution in [1.29, 1.82) is 0 Å². The molecule has 0 saturated heterocycles. The maximum absolute atomic E-state index is 14.6. The summed E-state index contributed by atoms with van der Waals surface area (Å²) in [6, 6.07) is 15.3. The molecule has 0 saturated carbocycles. The lowest BCUT2D eigenvalue weighted by Crippen LogP contribution is -2.52. The molecule has 0 radical (unpaired) electrons. The molecule has 0 fully saturated rings. The largest absolute Gasteiger partial charge is 0.467 e. The van der Waals surface area contributed by atoms with E-state index in [9.17, 15) is 22.4 Å². The van der Waals surface area contributed by atoms with Crippen LogP contribution in [0.1, 0.15) is 19.1 Å². The third kappa shape index (κ3) is 6.05. The third-order valence-electron chi connectivity index (χ3n) is 4.87. The van der Waals surface area contributed by atoms with Crippen LogP contribution < -0.4 is 14.9 Å². The van der Waals surface area contributed by atoms with Crippen LogP contribution in [0.15, 0.2) is 82.3 Å². The van der Waals surface area contributed by atoms with E-state index in [4.69, 9.17) is 4.42 Å². The van der Waals surface area contributed by atoms with Crippen LogP contribution in [0.5, 0.6) is 0 Å². The zero-order valence-electron chi connectivity index (χ0n) is 17.9. The lowest BCUT2D eigenvalue weighted by molar-refractivity contribution is -0.126. The molecule has 10 heteroatoms. The zero-order chi connectivity index (χ0) is 23.8. The second-order valence-corrected chi connectivity index (χ2v) is 8.84. The molecule has 1 heterocycles. The molecule has 3 aromatic rings. The quantitative estimate of drug-likeness (QED) is 0.471. The van der Waals surface area contributed by atoms with Crippen LogP contribution in [-0.4, -0.2) is 32.8 Å². The topological polar surface area (TPSA) is 109 Å². The maximum Gasteiger partial charge on any atom is 0.243 e. The predicted octanol–water partition coefficient (Wildman–Crippen LogP) is 2.83. The van der Waals surface area contributed by atoms with Gasteiger partial charge in [-0.3, -0.25) is 14.5 Å². The number of halogens is 1. The molecule has 2 aromatic carbocycles. The number of rotatable bonds is 10. The molecule has 0 aliphatic rings. The Labute approximate surface area is 191 Å². The van der Waals surface area contributed by atoms with E-state index < -0.39 is 40.2 Å². The van der Waals surface area contributed by atoms with Crippen molar-refractivity contribution >= 4 is 27.5 Å². The van der Waals surface area contributed by atoms with E-state index in [-0.39, 0.29) is 23.5 Å². The van der Waals surface area contributed by atoms with Crippen molar-refractivity contribution in [2.24, 2.45) is 0 Å². The van der Waals surface area contributed by atoms with Crippen LogP contribution in [-0.2, 0) is 26.2 Å². The summed E-state index contributed by atoms with van der Waals surface area (Å²) in [7, 11) is -3.98. The molecule has 0 aliphatic carbocycles. The molecule has 174 valence electrons. The Hall–Kier alpha value is -3.50. The minimum Gasteiger partial charge on any atom is -0.467 e. The van der Waals surface area contributed by atoms with Gasteiger partial charge < -0.3 is 9.73 Å². The summed E-state index contributed by atoms with van der Waals surface area (Å²) < 4.78 is 47.1. The SMILES string of the molecule is CC[C@@H](C(=O)NCc1ccco1)N(C(=O)CNS(=O)(=O)c1ccccc1)c1ccccc1F. The van der Waals surface area contributed by atoms with Crippen LogP contribution in [0, 0.1) is 5.82 Å². The Kier molecular flexibility index (Phi) is 7.96. The number of sulfonamides is 1. The van der Waals surface area contributed by atoms with E-state index in [2.05, 4.69) is 10.0 Å². The number of hydrogen-bond donors (Lipinski definition) is 2. The van der Waals surface area contributed by atoms with E-state index >= 15 is 0 Å². The highest BCUT2D eigenvalue weighted by atomic mass is 32.2. The van der Waals surface area contributed by atoms with Gasteiger partial charge in [0, 0.05) is 0 Å². The summed E-state index contributed by atoms with van der Waals surface area (Å²) >= 11 is 0. The van der Waals surface area contributed by atoms with Crippen molar-refractivity contribution < 1.29 is 26.8 Å². The first-order valence-corrected chi connectivity index (χ1v) is 11.7. The second kappa shape index (κ2) is 10.9. The Morgan fingerprint density at radius 1 is 1.03 bits per heavy atom. The number of nitrogens with zero attached hydrogens (tertiary/aromatic N) is 1. The van der Waals surface area contributed by atoms with Crippen molar-refractivity contribution in [3.05, 3.63) is 84.6 Å². The molecule has 0 bridgehead atoms. The highest BCUT2D eigenvalue weighted by Crippen LogP contribution is 2.23. The summed E-state index contributed by atoms with van der Waals surface area (Å²) in [6.45, 7) is 1.10. The first kappa shape index (κ1) is 24.1. The van der Waals surface area contributed by atoms with Gasteiger partial charge in [0.15, 0.2) is 0 Å². The van der Waals surface area contributed by atoms with Gasteiger partial charge in [0.25, 0.3) is 0 Å². The van der Waals surface area contributed by atoms with E-state index in [1.54, 1.807) is 37.3 Å². The molecule has 2 amide bonds. The zero-order valence-corrected chi connectivity index (χ0v) is 18.7. The number of carbonyl (C=O) groups is 2. The number of nitrogens with one attached hydrogen (secondary N) is 2. The van der Waals surface area contributed by atoms with E-state index in [0.717, 1.165) is 11.0 Å². The number of carbonyl (C=O) groups excluding carboxylic acids is 2. The van der Waals surface area contributed by atoms with Gasteiger partial charge in [-0.1, -0.05) is 37.3 Å². The predicted molar refractivity (Wildman–Crippen MR) is 120 cm³/mol. The molecule has 0 spiro atoms. The summed E-state index contributed by atoms with van der Waals surface area (Å²) in [5.74, 6) is -1.51.